The largest absolute Gasteiger partial charge is 0.323 e. The molecule has 0 fully saturated rings. The van der Waals surface area contributed by atoms with Gasteiger partial charge in [0.25, 0.3) is 5.78 Å². The van der Waals surface area contributed by atoms with Gasteiger partial charge < -0.3 is 5.32 Å². The molecule has 0 unspecified atom stereocenters. The van der Waals surface area contributed by atoms with Gasteiger partial charge in [0.2, 0.25) is 11.1 Å². The number of halogens is 1. The van der Waals surface area contributed by atoms with Crippen LogP contribution in [0.4, 0.5) is 10.1 Å². The van der Waals surface area contributed by atoms with Gasteiger partial charge in [0.05, 0.1) is 10.9 Å². The summed E-state index contributed by atoms with van der Waals surface area (Å²) in [5.74, 6) is -0.322. The average molecular weight is 317 g/mol. The number of benzene rings is 1. The number of nitrogens with zero attached hydrogens (tertiary/aromatic N) is 4. The number of hydrogen-bond donors (Lipinski definition) is 1. The second-order valence-corrected chi connectivity index (χ2v) is 5.80. The Balaban J connectivity index is 1.69. The van der Waals surface area contributed by atoms with Crippen LogP contribution in [0.15, 0.2) is 47.9 Å². The quantitative estimate of drug-likeness (QED) is 0.748. The minimum absolute atomic E-state index is 0.157. The van der Waals surface area contributed by atoms with Gasteiger partial charge in [-0.25, -0.2) is 13.9 Å². The summed E-state index contributed by atoms with van der Waals surface area (Å²) < 4.78 is 15.1. The summed E-state index contributed by atoms with van der Waals surface area (Å²) >= 11 is 1.18. The van der Waals surface area contributed by atoms with Gasteiger partial charge in [0, 0.05) is 12.4 Å². The van der Waals surface area contributed by atoms with E-state index >= 15 is 0 Å². The maximum absolute atomic E-state index is 13.5. The number of anilines is 1. The normalized spacial score (nSPS) is 12.3. The first-order chi connectivity index (χ1) is 10.6. The number of nitrogens with one attached hydrogen (secondary N) is 1. The van der Waals surface area contributed by atoms with Crippen LogP contribution in [0.5, 0.6) is 0 Å². The van der Waals surface area contributed by atoms with Crippen molar-refractivity contribution in [2.75, 3.05) is 5.32 Å². The molecule has 1 amide bonds. The predicted octanol–water partition coefficient (Wildman–Crippen LogP) is 2.38. The van der Waals surface area contributed by atoms with E-state index in [-0.39, 0.29) is 11.6 Å². The topological polar surface area (TPSA) is 72.2 Å². The number of carbonyl (C=O) groups excluding carboxylic acids is 1. The minimum Gasteiger partial charge on any atom is -0.323 e. The van der Waals surface area contributed by atoms with Crippen molar-refractivity contribution >= 4 is 29.1 Å². The number of hydrogen-bond acceptors (Lipinski definition) is 5. The fourth-order valence-electron chi connectivity index (χ4n) is 1.77. The highest BCUT2D eigenvalue weighted by Crippen LogP contribution is 2.22. The Morgan fingerprint density at radius 1 is 1.36 bits per heavy atom. The molecule has 0 aliphatic carbocycles. The van der Waals surface area contributed by atoms with Gasteiger partial charge in [-0.2, -0.15) is 4.98 Å². The Morgan fingerprint density at radius 2 is 2.18 bits per heavy atom. The molecular weight excluding hydrogens is 305 g/mol. The number of rotatable bonds is 4. The Labute approximate surface area is 129 Å². The summed E-state index contributed by atoms with van der Waals surface area (Å²) in [5.41, 5.74) is 0.157. The van der Waals surface area contributed by atoms with Gasteiger partial charge in [-0.3, -0.25) is 4.79 Å². The van der Waals surface area contributed by atoms with Crippen molar-refractivity contribution in [1.82, 2.24) is 19.6 Å². The van der Waals surface area contributed by atoms with Gasteiger partial charge >= 0.3 is 0 Å². The molecule has 0 aliphatic heterocycles. The summed E-state index contributed by atoms with van der Waals surface area (Å²) in [6, 6.07) is 7.77. The number of fused-ring (bicyclic) bond motifs is 1. The Bertz CT molecular complexity index is 789. The van der Waals surface area contributed by atoms with Crippen LogP contribution in [-0.4, -0.2) is 30.7 Å². The molecule has 8 heteroatoms. The van der Waals surface area contributed by atoms with Crippen molar-refractivity contribution < 1.29 is 9.18 Å². The highest BCUT2D eigenvalue weighted by molar-refractivity contribution is 8.00. The molecule has 0 aliphatic rings. The van der Waals surface area contributed by atoms with E-state index in [1.165, 1.54) is 28.4 Å². The van der Waals surface area contributed by atoms with Crippen LogP contribution in [0.1, 0.15) is 6.92 Å². The molecule has 22 heavy (non-hydrogen) atoms. The lowest BCUT2D eigenvalue weighted by molar-refractivity contribution is -0.115. The van der Waals surface area contributed by atoms with Crippen molar-refractivity contribution in [3.63, 3.8) is 0 Å². The Hall–Kier alpha value is -2.48. The molecule has 0 bridgehead atoms. The van der Waals surface area contributed by atoms with E-state index in [9.17, 15) is 9.18 Å². The van der Waals surface area contributed by atoms with Crippen molar-refractivity contribution in [1.29, 1.82) is 0 Å². The molecule has 2 heterocycles. The van der Waals surface area contributed by atoms with Crippen molar-refractivity contribution in [2.24, 2.45) is 0 Å². The third-order valence-corrected chi connectivity index (χ3v) is 3.83. The summed E-state index contributed by atoms with van der Waals surface area (Å²) in [5, 5.41) is 6.73. The molecule has 1 atom stereocenters. The smallest absolute Gasteiger partial charge is 0.253 e. The molecule has 0 radical (unpaired) electrons. The molecule has 112 valence electrons. The zero-order valence-electron chi connectivity index (χ0n) is 11.6. The van der Waals surface area contributed by atoms with Crippen LogP contribution in [0.25, 0.3) is 5.78 Å². The van der Waals surface area contributed by atoms with Crippen LogP contribution in [0.3, 0.4) is 0 Å². The summed E-state index contributed by atoms with van der Waals surface area (Å²) in [4.78, 5) is 20.4. The number of amides is 1. The van der Waals surface area contributed by atoms with Gasteiger partial charge in [0.15, 0.2) is 0 Å². The molecule has 3 aromatic rings. The van der Waals surface area contributed by atoms with E-state index in [0.717, 1.165) is 0 Å². The van der Waals surface area contributed by atoms with E-state index in [1.54, 1.807) is 37.5 Å². The standard InChI is InChI=1S/C14H12FN5OS/c1-9(12(21)17-11-6-3-2-5-10(11)15)22-14-18-13-16-7-4-8-20(13)19-14/h2-9H,1H3,(H,17,21)/t9-/m1/s1. The lowest BCUT2D eigenvalue weighted by atomic mass is 10.3. The first-order valence-corrected chi connectivity index (χ1v) is 7.41. The first-order valence-electron chi connectivity index (χ1n) is 6.53. The fraction of sp³-hybridized carbons (Fsp3) is 0.143. The Kier molecular flexibility index (Phi) is 4.01. The lowest BCUT2D eigenvalue weighted by Crippen LogP contribution is -2.23. The van der Waals surface area contributed by atoms with Crippen LogP contribution in [0, 0.1) is 5.82 Å². The van der Waals surface area contributed by atoms with Gasteiger partial charge in [-0.05, 0) is 25.1 Å². The van der Waals surface area contributed by atoms with Gasteiger partial charge in [-0.1, -0.05) is 23.9 Å². The molecule has 0 spiro atoms. The average Bonchev–Trinajstić information content (AvgIpc) is 2.91. The first kappa shape index (κ1) is 14.5. The second kappa shape index (κ2) is 6.10. The van der Waals surface area contributed by atoms with Crippen LogP contribution < -0.4 is 5.32 Å². The monoisotopic (exact) mass is 317 g/mol. The highest BCUT2D eigenvalue weighted by Gasteiger charge is 2.18. The molecule has 0 saturated carbocycles. The van der Waals surface area contributed by atoms with Gasteiger partial charge in [0.1, 0.15) is 5.82 Å². The number of thioether (sulfide) groups is 1. The molecule has 1 N–H and O–H groups in total. The molecule has 2 aromatic heterocycles. The number of aromatic nitrogens is 4. The zero-order valence-corrected chi connectivity index (χ0v) is 12.4. The maximum atomic E-state index is 13.5. The number of para-hydroxylation sites is 1. The summed E-state index contributed by atoms with van der Waals surface area (Å²) in [7, 11) is 0. The molecular formula is C14H12FN5OS. The third kappa shape index (κ3) is 3.06. The van der Waals surface area contributed by atoms with E-state index in [1.807, 2.05) is 0 Å². The minimum atomic E-state index is -0.475. The van der Waals surface area contributed by atoms with E-state index < -0.39 is 11.1 Å². The van der Waals surface area contributed by atoms with Crippen molar-refractivity contribution in [3.8, 4) is 0 Å². The molecule has 6 nitrogen and oxygen atoms in total. The lowest BCUT2D eigenvalue weighted by Gasteiger charge is -2.10. The van der Waals surface area contributed by atoms with E-state index in [2.05, 4.69) is 20.4 Å². The summed E-state index contributed by atoms with van der Waals surface area (Å²) in [6.45, 7) is 1.71. The molecule has 0 saturated heterocycles. The predicted molar refractivity (Wildman–Crippen MR) is 81.1 cm³/mol. The van der Waals surface area contributed by atoms with Crippen molar-refractivity contribution in [3.05, 3.63) is 48.5 Å². The van der Waals surface area contributed by atoms with Crippen LogP contribution in [-0.2, 0) is 4.79 Å². The van der Waals surface area contributed by atoms with Gasteiger partial charge in [-0.15, -0.1) is 5.10 Å². The van der Waals surface area contributed by atoms with E-state index in [4.69, 9.17) is 0 Å². The van der Waals surface area contributed by atoms with E-state index in [0.29, 0.717) is 10.9 Å². The third-order valence-electron chi connectivity index (χ3n) is 2.88. The fourth-order valence-corrected chi connectivity index (χ4v) is 2.52. The summed E-state index contributed by atoms with van der Waals surface area (Å²) in [6.07, 6.45) is 3.34. The highest BCUT2D eigenvalue weighted by atomic mass is 32.2. The van der Waals surface area contributed by atoms with Crippen LogP contribution in [0.2, 0.25) is 0 Å². The van der Waals surface area contributed by atoms with Crippen LogP contribution >= 0.6 is 11.8 Å². The maximum Gasteiger partial charge on any atom is 0.253 e. The zero-order chi connectivity index (χ0) is 15.5. The molecule has 3 rings (SSSR count). The Morgan fingerprint density at radius 3 is 2.95 bits per heavy atom. The molecule has 1 aromatic carbocycles. The SMILES string of the molecule is C[C@@H](Sc1nc2ncccn2n1)C(=O)Nc1ccccc1F. The number of carbonyl (C=O) groups is 1. The van der Waals surface area contributed by atoms with Crippen molar-refractivity contribution in [2.45, 2.75) is 17.3 Å². The second-order valence-electron chi connectivity index (χ2n) is 4.49.